The second-order valence-electron chi connectivity index (χ2n) is 5.23. The Kier molecular flexibility index (Phi) is 5.60. The molecule has 1 aliphatic carbocycles. The second-order valence-corrected chi connectivity index (χ2v) is 6.17. The van der Waals surface area contributed by atoms with Crippen LogP contribution in [-0.2, 0) is 11.2 Å². The fourth-order valence-corrected chi connectivity index (χ4v) is 3.54. The van der Waals surface area contributed by atoms with Crippen LogP contribution in [0, 0.1) is 18.8 Å². The Morgan fingerprint density at radius 3 is 2.83 bits per heavy atom. The highest BCUT2D eigenvalue weighted by Gasteiger charge is 2.23. The molecule has 1 saturated carbocycles. The largest absolute Gasteiger partial charge is 0.381 e. The number of hydrogen-bond acceptors (Lipinski definition) is 4. The first-order chi connectivity index (χ1) is 8.81. The van der Waals surface area contributed by atoms with Gasteiger partial charge in [0.2, 0.25) is 0 Å². The minimum absolute atomic E-state index is 0.684. The molecule has 1 aromatic heterocycles. The van der Waals surface area contributed by atoms with Gasteiger partial charge >= 0.3 is 0 Å². The van der Waals surface area contributed by atoms with Gasteiger partial charge in [0.15, 0.2) is 0 Å². The summed E-state index contributed by atoms with van der Waals surface area (Å²) in [6.07, 6.45) is 6.27. The van der Waals surface area contributed by atoms with E-state index < -0.39 is 0 Å². The minimum Gasteiger partial charge on any atom is -0.381 e. The maximum atomic E-state index is 5.86. The van der Waals surface area contributed by atoms with Gasteiger partial charge in [-0.3, -0.25) is 0 Å². The highest BCUT2D eigenvalue weighted by Crippen LogP contribution is 2.29. The summed E-state index contributed by atoms with van der Waals surface area (Å²) in [5.41, 5.74) is 8.90. The van der Waals surface area contributed by atoms with E-state index in [1.807, 2.05) is 5.51 Å². The molecule has 2 rings (SSSR count). The highest BCUT2D eigenvalue weighted by atomic mass is 32.1. The van der Waals surface area contributed by atoms with Crippen LogP contribution in [0.5, 0.6) is 0 Å². The molecule has 2 atom stereocenters. The first-order valence-corrected chi connectivity index (χ1v) is 7.86. The third kappa shape index (κ3) is 3.77. The predicted molar refractivity (Wildman–Crippen MR) is 75.9 cm³/mol. The molecule has 2 N–H and O–H groups in total. The van der Waals surface area contributed by atoms with Crippen LogP contribution in [0.25, 0.3) is 0 Å². The standard InChI is InChI=1S/C14H24N2OS/c1-11-14(18-10-16-11)6-7-17-9-13-5-3-2-4-12(13)8-15/h10,12-13H,2-9,15H2,1H3. The summed E-state index contributed by atoms with van der Waals surface area (Å²) in [5.74, 6) is 1.37. The Balaban J connectivity index is 1.67. The van der Waals surface area contributed by atoms with E-state index in [-0.39, 0.29) is 0 Å². The Morgan fingerprint density at radius 1 is 1.39 bits per heavy atom. The number of hydrogen-bond donors (Lipinski definition) is 1. The van der Waals surface area contributed by atoms with Crippen molar-refractivity contribution in [2.75, 3.05) is 19.8 Å². The van der Waals surface area contributed by atoms with Crippen LogP contribution >= 0.6 is 11.3 Å². The van der Waals surface area contributed by atoms with Crippen LogP contribution in [0.3, 0.4) is 0 Å². The van der Waals surface area contributed by atoms with Crippen molar-refractivity contribution < 1.29 is 4.74 Å². The molecule has 0 radical (unpaired) electrons. The van der Waals surface area contributed by atoms with Gasteiger partial charge < -0.3 is 10.5 Å². The Labute approximate surface area is 114 Å². The molecule has 18 heavy (non-hydrogen) atoms. The molecule has 0 saturated heterocycles. The monoisotopic (exact) mass is 268 g/mol. The number of aromatic nitrogens is 1. The van der Waals surface area contributed by atoms with Crippen molar-refractivity contribution in [2.24, 2.45) is 17.6 Å². The summed E-state index contributed by atoms with van der Waals surface area (Å²) < 4.78 is 5.86. The number of thiazole rings is 1. The molecular weight excluding hydrogens is 244 g/mol. The quantitative estimate of drug-likeness (QED) is 0.807. The van der Waals surface area contributed by atoms with Crippen molar-refractivity contribution >= 4 is 11.3 Å². The summed E-state index contributed by atoms with van der Waals surface area (Å²) in [5, 5.41) is 0. The van der Waals surface area contributed by atoms with Gasteiger partial charge in [-0.25, -0.2) is 4.98 Å². The minimum atomic E-state index is 0.684. The second kappa shape index (κ2) is 7.22. The van der Waals surface area contributed by atoms with Gasteiger partial charge in [0.1, 0.15) is 0 Å². The van der Waals surface area contributed by atoms with Crippen molar-refractivity contribution in [1.29, 1.82) is 0 Å². The lowest BCUT2D eigenvalue weighted by Gasteiger charge is -2.30. The van der Waals surface area contributed by atoms with E-state index in [1.54, 1.807) is 11.3 Å². The number of nitrogens with zero attached hydrogens (tertiary/aromatic N) is 1. The fraction of sp³-hybridized carbons (Fsp3) is 0.786. The first-order valence-electron chi connectivity index (χ1n) is 6.98. The average Bonchev–Trinajstić information content (AvgIpc) is 2.81. The van der Waals surface area contributed by atoms with Crippen LogP contribution in [0.4, 0.5) is 0 Å². The molecule has 3 nitrogen and oxygen atoms in total. The lowest BCUT2D eigenvalue weighted by molar-refractivity contribution is 0.0629. The average molecular weight is 268 g/mol. The molecule has 0 aliphatic heterocycles. The van der Waals surface area contributed by atoms with E-state index in [2.05, 4.69) is 11.9 Å². The van der Waals surface area contributed by atoms with Crippen molar-refractivity contribution in [3.63, 3.8) is 0 Å². The van der Waals surface area contributed by atoms with Crippen molar-refractivity contribution in [1.82, 2.24) is 4.98 Å². The first kappa shape index (κ1) is 14.0. The summed E-state index contributed by atoms with van der Waals surface area (Å²) >= 11 is 1.73. The molecule has 0 bridgehead atoms. The maximum absolute atomic E-state index is 5.86. The molecule has 4 heteroatoms. The topological polar surface area (TPSA) is 48.1 Å². The van der Waals surface area contributed by atoms with Gasteiger partial charge in [-0.1, -0.05) is 12.8 Å². The number of rotatable bonds is 6. The molecule has 1 aromatic rings. The van der Waals surface area contributed by atoms with Crippen LogP contribution in [-0.4, -0.2) is 24.7 Å². The fourth-order valence-electron chi connectivity index (χ4n) is 2.78. The molecule has 0 amide bonds. The third-order valence-electron chi connectivity index (χ3n) is 4.02. The Hall–Kier alpha value is -0.450. The van der Waals surface area contributed by atoms with E-state index in [0.29, 0.717) is 11.8 Å². The van der Waals surface area contributed by atoms with Crippen molar-refractivity contribution in [3.8, 4) is 0 Å². The van der Waals surface area contributed by atoms with Crippen molar-refractivity contribution in [3.05, 3.63) is 16.1 Å². The van der Waals surface area contributed by atoms with Gasteiger partial charge in [0.25, 0.3) is 0 Å². The normalized spacial score (nSPS) is 24.3. The molecule has 1 fully saturated rings. The smallest absolute Gasteiger partial charge is 0.0797 e. The predicted octanol–water partition coefficient (Wildman–Crippen LogP) is 2.78. The molecule has 102 valence electrons. The number of ether oxygens (including phenoxy) is 1. The van der Waals surface area contributed by atoms with E-state index in [1.165, 1.54) is 30.6 Å². The Morgan fingerprint density at radius 2 is 2.17 bits per heavy atom. The zero-order valence-electron chi connectivity index (χ0n) is 11.2. The number of nitrogens with two attached hydrogens (primary N) is 1. The SMILES string of the molecule is Cc1ncsc1CCOCC1CCCCC1CN. The van der Waals surface area contributed by atoms with Crippen LogP contribution in [0.15, 0.2) is 5.51 Å². The Bertz CT molecular complexity index is 353. The molecule has 2 unspecified atom stereocenters. The van der Waals surface area contributed by atoms with E-state index >= 15 is 0 Å². The zero-order valence-corrected chi connectivity index (χ0v) is 12.0. The van der Waals surface area contributed by atoms with E-state index in [9.17, 15) is 0 Å². The summed E-state index contributed by atoms with van der Waals surface area (Å²) in [7, 11) is 0. The maximum Gasteiger partial charge on any atom is 0.0797 e. The van der Waals surface area contributed by atoms with Gasteiger partial charge in [0.05, 0.1) is 17.8 Å². The molecular formula is C14H24N2OS. The molecule has 1 heterocycles. The van der Waals surface area contributed by atoms with Crippen LogP contribution in [0.2, 0.25) is 0 Å². The molecule has 0 aromatic carbocycles. The summed E-state index contributed by atoms with van der Waals surface area (Å²) in [6, 6.07) is 0. The summed E-state index contributed by atoms with van der Waals surface area (Å²) in [6.45, 7) is 4.59. The third-order valence-corrected chi connectivity index (χ3v) is 5.01. The van der Waals surface area contributed by atoms with Gasteiger partial charge in [0, 0.05) is 17.9 Å². The van der Waals surface area contributed by atoms with Crippen LogP contribution in [0.1, 0.15) is 36.3 Å². The van der Waals surface area contributed by atoms with E-state index in [4.69, 9.17) is 10.5 Å². The van der Waals surface area contributed by atoms with Gasteiger partial charge in [-0.2, -0.15) is 0 Å². The van der Waals surface area contributed by atoms with Gasteiger partial charge in [-0.15, -0.1) is 11.3 Å². The van der Waals surface area contributed by atoms with Gasteiger partial charge in [-0.05, 0) is 38.1 Å². The highest BCUT2D eigenvalue weighted by molar-refractivity contribution is 7.09. The van der Waals surface area contributed by atoms with E-state index in [0.717, 1.165) is 31.9 Å². The zero-order chi connectivity index (χ0) is 12.8. The lowest BCUT2D eigenvalue weighted by atomic mass is 9.80. The lowest BCUT2D eigenvalue weighted by Crippen LogP contribution is -2.30. The molecule has 0 spiro atoms. The van der Waals surface area contributed by atoms with Crippen LogP contribution < -0.4 is 5.73 Å². The summed E-state index contributed by atoms with van der Waals surface area (Å²) in [4.78, 5) is 5.61. The van der Waals surface area contributed by atoms with Crippen molar-refractivity contribution in [2.45, 2.75) is 39.0 Å². The number of aryl methyl sites for hydroxylation is 1. The molecule has 1 aliphatic rings.